The first-order valence-electron chi connectivity index (χ1n) is 6.78. The highest BCUT2D eigenvalue weighted by atomic mass is 32.1. The third-order valence-electron chi connectivity index (χ3n) is 4.08. The molecule has 3 nitrogen and oxygen atoms in total. The molecular weight excluding hydrogens is 269 g/mol. The molecule has 108 valence electrons. The number of nitrogens with two attached hydrogens (primary N) is 1. The topological polar surface area (TPSA) is 44.5 Å². The van der Waals surface area contributed by atoms with E-state index < -0.39 is 0 Å². The second-order valence-electron chi connectivity index (χ2n) is 6.09. The van der Waals surface area contributed by atoms with Gasteiger partial charge in [0, 0.05) is 11.4 Å². The zero-order valence-corrected chi connectivity index (χ0v) is 13.4. The van der Waals surface area contributed by atoms with Crippen molar-refractivity contribution in [2.45, 2.75) is 38.9 Å². The molecule has 0 amide bonds. The highest BCUT2D eigenvalue weighted by molar-refractivity contribution is 7.80. The molecule has 0 aliphatic carbocycles. The van der Waals surface area contributed by atoms with Crippen LogP contribution in [0, 0.1) is 0 Å². The number of para-hydroxylation sites is 1. The highest BCUT2D eigenvalue weighted by Gasteiger charge is 2.52. The largest absolute Gasteiger partial charge is 0.491 e. The van der Waals surface area contributed by atoms with E-state index in [1.165, 1.54) is 0 Å². The standard InChI is InChI=1S/C15H22BNO2S/c1-14(2)15(3,4)19-16(18-14)12(10-20)9-11-7-5-6-8-13(11)17/h5-9,20H,10,17H2,1-4H3. The molecule has 0 saturated carbocycles. The fourth-order valence-corrected chi connectivity index (χ4v) is 2.27. The quantitative estimate of drug-likeness (QED) is 0.510. The Bertz CT molecular complexity index is 512. The van der Waals surface area contributed by atoms with E-state index in [1.54, 1.807) is 0 Å². The molecule has 1 heterocycles. The summed E-state index contributed by atoms with van der Waals surface area (Å²) in [7, 11) is -0.378. The second kappa shape index (κ2) is 5.47. The van der Waals surface area contributed by atoms with Crippen molar-refractivity contribution in [3.05, 3.63) is 35.3 Å². The van der Waals surface area contributed by atoms with Gasteiger partial charge in [0.1, 0.15) is 0 Å². The van der Waals surface area contributed by atoms with Gasteiger partial charge in [0.15, 0.2) is 0 Å². The Morgan fingerprint density at radius 1 is 1.20 bits per heavy atom. The van der Waals surface area contributed by atoms with Crippen LogP contribution in [0.2, 0.25) is 0 Å². The Kier molecular flexibility index (Phi) is 4.23. The van der Waals surface area contributed by atoms with Crippen LogP contribution in [0.4, 0.5) is 5.69 Å². The molecule has 1 aliphatic rings. The van der Waals surface area contributed by atoms with Gasteiger partial charge in [0.2, 0.25) is 0 Å². The van der Waals surface area contributed by atoms with Gasteiger partial charge in [0.05, 0.1) is 11.2 Å². The Morgan fingerprint density at radius 2 is 1.75 bits per heavy atom. The highest BCUT2D eigenvalue weighted by Crippen LogP contribution is 2.39. The van der Waals surface area contributed by atoms with Crippen molar-refractivity contribution in [1.82, 2.24) is 0 Å². The molecule has 0 bridgehead atoms. The number of hydrogen-bond acceptors (Lipinski definition) is 4. The summed E-state index contributed by atoms with van der Waals surface area (Å²) in [6.07, 6.45) is 2.00. The molecular formula is C15H22BNO2S. The third-order valence-corrected chi connectivity index (χ3v) is 4.44. The third kappa shape index (κ3) is 2.90. The molecule has 2 N–H and O–H groups in total. The van der Waals surface area contributed by atoms with Gasteiger partial charge < -0.3 is 15.0 Å². The molecule has 0 aromatic heterocycles. The molecule has 1 saturated heterocycles. The van der Waals surface area contributed by atoms with Crippen molar-refractivity contribution in [1.29, 1.82) is 0 Å². The summed E-state index contributed by atoms with van der Waals surface area (Å²) in [6.45, 7) is 8.17. The number of hydrogen-bond donors (Lipinski definition) is 2. The van der Waals surface area contributed by atoms with Gasteiger partial charge in [-0.2, -0.15) is 12.6 Å². The summed E-state index contributed by atoms with van der Waals surface area (Å²) in [5.74, 6) is 0.561. The first-order chi connectivity index (χ1) is 9.27. The van der Waals surface area contributed by atoms with Crippen LogP contribution in [0.3, 0.4) is 0 Å². The Balaban J connectivity index is 2.29. The molecule has 2 rings (SSSR count). The Labute approximate surface area is 127 Å². The van der Waals surface area contributed by atoms with Crippen LogP contribution < -0.4 is 5.73 Å². The van der Waals surface area contributed by atoms with E-state index in [9.17, 15) is 0 Å². The van der Waals surface area contributed by atoms with Gasteiger partial charge >= 0.3 is 7.12 Å². The van der Waals surface area contributed by atoms with Crippen LogP contribution in [0.25, 0.3) is 6.08 Å². The molecule has 5 heteroatoms. The van der Waals surface area contributed by atoms with Crippen LogP contribution in [-0.2, 0) is 9.31 Å². The van der Waals surface area contributed by atoms with Gasteiger partial charge in [-0.05, 0) is 44.8 Å². The maximum absolute atomic E-state index is 6.05. The van der Waals surface area contributed by atoms with E-state index in [-0.39, 0.29) is 18.3 Å². The normalized spacial score (nSPS) is 21.2. The molecule has 0 atom stereocenters. The minimum absolute atomic E-state index is 0.345. The van der Waals surface area contributed by atoms with Gasteiger partial charge in [0.25, 0.3) is 0 Å². The van der Waals surface area contributed by atoms with Gasteiger partial charge in [-0.25, -0.2) is 0 Å². The van der Waals surface area contributed by atoms with E-state index in [2.05, 4.69) is 12.6 Å². The van der Waals surface area contributed by atoms with E-state index in [1.807, 2.05) is 58.0 Å². The predicted octanol–water partition coefficient (Wildman–Crippen LogP) is 3.21. The van der Waals surface area contributed by atoms with Crippen molar-refractivity contribution in [3.8, 4) is 0 Å². The van der Waals surface area contributed by atoms with Gasteiger partial charge in [-0.1, -0.05) is 24.3 Å². The van der Waals surface area contributed by atoms with Crippen molar-refractivity contribution in [2.24, 2.45) is 0 Å². The van der Waals surface area contributed by atoms with Gasteiger partial charge in [-0.15, -0.1) is 0 Å². The van der Waals surface area contributed by atoms with Crippen LogP contribution in [0.1, 0.15) is 33.3 Å². The zero-order valence-electron chi connectivity index (χ0n) is 12.5. The van der Waals surface area contributed by atoms with Crippen molar-refractivity contribution in [2.75, 3.05) is 11.5 Å². The maximum Gasteiger partial charge on any atom is 0.491 e. The number of anilines is 1. The van der Waals surface area contributed by atoms with E-state index in [0.717, 1.165) is 16.7 Å². The summed E-state index contributed by atoms with van der Waals surface area (Å²) >= 11 is 4.40. The number of rotatable bonds is 3. The lowest BCUT2D eigenvalue weighted by Crippen LogP contribution is -2.41. The van der Waals surface area contributed by atoms with Crippen LogP contribution in [-0.4, -0.2) is 24.1 Å². The fraction of sp³-hybridized carbons (Fsp3) is 0.467. The van der Waals surface area contributed by atoms with Gasteiger partial charge in [-0.3, -0.25) is 0 Å². The first-order valence-corrected chi connectivity index (χ1v) is 7.41. The number of thiol groups is 1. The summed E-state index contributed by atoms with van der Waals surface area (Å²) in [5.41, 5.74) is 7.97. The SMILES string of the molecule is CC1(C)OB(C(=Cc2ccccc2N)CS)OC1(C)C. The van der Waals surface area contributed by atoms with E-state index in [4.69, 9.17) is 15.0 Å². The molecule has 1 fully saturated rings. The van der Waals surface area contributed by atoms with Crippen LogP contribution in [0.5, 0.6) is 0 Å². The first kappa shape index (κ1) is 15.5. The summed E-state index contributed by atoms with van der Waals surface area (Å²) in [6, 6.07) is 7.74. The summed E-state index contributed by atoms with van der Waals surface area (Å²) in [4.78, 5) is 0. The number of benzene rings is 1. The summed E-state index contributed by atoms with van der Waals surface area (Å²) < 4.78 is 12.1. The minimum atomic E-state index is -0.378. The molecule has 0 spiro atoms. The van der Waals surface area contributed by atoms with Crippen molar-refractivity contribution >= 4 is 31.5 Å². The van der Waals surface area contributed by atoms with Crippen LogP contribution in [0.15, 0.2) is 29.7 Å². The molecule has 1 aromatic carbocycles. The molecule has 0 unspecified atom stereocenters. The second-order valence-corrected chi connectivity index (χ2v) is 6.41. The molecule has 1 aromatic rings. The molecule has 1 aliphatic heterocycles. The Morgan fingerprint density at radius 3 is 2.25 bits per heavy atom. The number of nitrogen functional groups attached to an aromatic ring is 1. The van der Waals surface area contributed by atoms with E-state index >= 15 is 0 Å². The van der Waals surface area contributed by atoms with E-state index in [0.29, 0.717) is 5.75 Å². The summed E-state index contributed by atoms with van der Waals surface area (Å²) in [5, 5.41) is 0. The predicted molar refractivity (Wildman–Crippen MR) is 88.8 cm³/mol. The lowest BCUT2D eigenvalue weighted by molar-refractivity contribution is 0.00578. The smallest absolute Gasteiger partial charge is 0.400 e. The molecule has 0 radical (unpaired) electrons. The van der Waals surface area contributed by atoms with Crippen LogP contribution >= 0.6 is 12.6 Å². The lowest BCUT2D eigenvalue weighted by Gasteiger charge is -2.32. The Hall–Kier alpha value is -0.905. The minimum Gasteiger partial charge on any atom is -0.400 e. The average molecular weight is 291 g/mol. The molecule has 20 heavy (non-hydrogen) atoms. The zero-order chi connectivity index (χ0) is 15.0. The monoisotopic (exact) mass is 291 g/mol. The van der Waals surface area contributed by atoms with Crippen molar-refractivity contribution in [3.63, 3.8) is 0 Å². The average Bonchev–Trinajstić information content (AvgIpc) is 2.57. The van der Waals surface area contributed by atoms with Crippen molar-refractivity contribution < 1.29 is 9.31 Å². The fourth-order valence-electron chi connectivity index (χ4n) is 2.02. The lowest BCUT2D eigenvalue weighted by atomic mass is 9.78. The maximum atomic E-state index is 6.05.